The molecule has 0 N–H and O–H groups in total. The fourth-order valence-electron chi connectivity index (χ4n) is 2.66. The van der Waals surface area contributed by atoms with Crippen LogP contribution in [0.4, 0.5) is 10.1 Å². The highest BCUT2D eigenvalue weighted by molar-refractivity contribution is 7.92. The summed E-state index contributed by atoms with van der Waals surface area (Å²) in [5, 5.41) is 0. The van der Waals surface area contributed by atoms with Gasteiger partial charge in [0.25, 0.3) is 10.0 Å². The molecule has 1 aliphatic rings. The quantitative estimate of drug-likeness (QED) is 0.851. The van der Waals surface area contributed by atoms with Crippen molar-refractivity contribution in [2.45, 2.75) is 18.2 Å². The molecule has 1 aliphatic heterocycles. The summed E-state index contributed by atoms with van der Waals surface area (Å²) < 4.78 is 45.6. The first-order chi connectivity index (χ1) is 11.4. The Balaban J connectivity index is 2.02. The minimum atomic E-state index is -3.84. The monoisotopic (exact) mass is 349 g/mol. The number of anilines is 1. The first-order valence-electron chi connectivity index (χ1n) is 7.52. The number of hydrogen-bond donors (Lipinski definition) is 0. The molecule has 0 spiro atoms. The molecule has 0 amide bonds. The highest BCUT2D eigenvalue weighted by atomic mass is 32.2. The van der Waals surface area contributed by atoms with E-state index in [1.807, 2.05) is 6.92 Å². The Labute approximate surface area is 139 Å². The highest BCUT2D eigenvalue weighted by Gasteiger charge is 2.32. The molecular weight excluding hydrogens is 333 g/mol. The van der Waals surface area contributed by atoms with E-state index in [-0.39, 0.29) is 34.9 Å². The van der Waals surface area contributed by atoms with E-state index in [0.717, 1.165) is 16.4 Å². The van der Waals surface area contributed by atoms with Crippen LogP contribution in [0.15, 0.2) is 47.4 Å². The van der Waals surface area contributed by atoms with E-state index in [0.29, 0.717) is 12.4 Å². The van der Waals surface area contributed by atoms with Gasteiger partial charge in [0.2, 0.25) is 0 Å². The number of hydrogen-bond acceptors (Lipinski definition) is 4. The first kappa shape index (κ1) is 16.4. The average molecular weight is 349 g/mol. The van der Waals surface area contributed by atoms with Crippen molar-refractivity contribution in [2.75, 3.05) is 17.5 Å². The Kier molecular flexibility index (Phi) is 4.28. The second-order valence-corrected chi connectivity index (χ2v) is 7.18. The van der Waals surface area contributed by atoms with Gasteiger partial charge in [-0.3, -0.25) is 9.10 Å². The van der Waals surface area contributed by atoms with Crippen molar-refractivity contribution in [1.82, 2.24) is 0 Å². The molecule has 1 heterocycles. The van der Waals surface area contributed by atoms with Gasteiger partial charge in [-0.1, -0.05) is 0 Å². The summed E-state index contributed by atoms with van der Waals surface area (Å²) in [5.41, 5.74) is 0.303. The molecule has 7 heteroatoms. The lowest BCUT2D eigenvalue weighted by molar-refractivity contribution is 0.0981. The van der Waals surface area contributed by atoms with Crippen molar-refractivity contribution < 1.29 is 22.3 Å². The maximum atomic E-state index is 13.4. The summed E-state index contributed by atoms with van der Waals surface area (Å²) in [6.07, 6.45) is 0.0205. The molecule has 0 aromatic heterocycles. The Morgan fingerprint density at radius 2 is 1.88 bits per heavy atom. The van der Waals surface area contributed by atoms with E-state index >= 15 is 0 Å². The van der Waals surface area contributed by atoms with Crippen molar-refractivity contribution in [3.05, 3.63) is 53.8 Å². The van der Waals surface area contributed by atoms with Crippen molar-refractivity contribution in [2.24, 2.45) is 0 Å². The number of halogens is 1. The van der Waals surface area contributed by atoms with Gasteiger partial charge in [0, 0.05) is 18.5 Å². The highest BCUT2D eigenvalue weighted by Crippen LogP contribution is 2.32. The molecule has 2 aromatic rings. The fourth-order valence-corrected chi connectivity index (χ4v) is 4.14. The first-order valence-corrected chi connectivity index (χ1v) is 8.96. The number of Topliss-reactive ketones (excluding diaryl/α,β-unsaturated/α-hetero) is 1. The predicted octanol–water partition coefficient (Wildman–Crippen LogP) is 3.01. The lowest BCUT2D eigenvalue weighted by atomic mass is 10.0. The molecule has 0 bridgehead atoms. The van der Waals surface area contributed by atoms with E-state index in [2.05, 4.69) is 0 Å². The zero-order chi connectivity index (χ0) is 17.3. The number of rotatable bonds is 4. The largest absolute Gasteiger partial charge is 0.494 e. The number of benzene rings is 2. The minimum Gasteiger partial charge on any atom is -0.494 e. The van der Waals surface area contributed by atoms with Crippen LogP contribution in [-0.4, -0.2) is 27.4 Å². The summed E-state index contributed by atoms with van der Waals surface area (Å²) in [6, 6.07) is 9.64. The van der Waals surface area contributed by atoms with E-state index in [1.165, 1.54) is 18.2 Å². The normalized spacial score (nSPS) is 14.4. The van der Waals surface area contributed by atoms with E-state index in [1.54, 1.807) is 12.1 Å². The third kappa shape index (κ3) is 2.87. The van der Waals surface area contributed by atoms with Crippen LogP contribution in [-0.2, 0) is 10.0 Å². The molecule has 0 atom stereocenters. The Morgan fingerprint density at radius 1 is 1.17 bits per heavy atom. The molecule has 0 saturated carbocycles. The van der Waals surface area contributed by atoms with Gasteiger partial charge in [-0.05, 0) is 49.4 Å². The van der Waals surface area contributed by atoms with Gasteiger partial charge in [-0.2, -0.15) is 0 Å². The molecule has 3 rings (SSSR count). The van der Waals surface area contributed by atoms with Gasteiger partial charge in [0.15, 0.2) is 5.78 Å². The standard InChI is InChI=1S/C17H16FNO4S/c1-2-23-13-4-6-14(7-5-13)24(21,22)19-10-9-17(20)15-11-12(18)3-8-16(15)19/h3-8,11H,2,9-10H2,1H3. The molecule has 0 fully saturated rings. The maximum absolute atomic E-state index is 13.4. The number of ketones is 1. The average Bonchev–Trinajstić information content (AvgIpc) is 2.56. The number of fused-ring (bicyclic) bond motifs is 1. The van der Waals surface area contributed by atoms with Gasteiger partial charge >= 0.3 is 0 Å². The van der Waals surface area contributed by atoms with Crippen LogP contribution in [0.2, 0.25) is 0 Å². The molecule has 24 heavy (non-hydrogen) atoms. The van der Waals surface area contributed by atoms with Gasteiger partial charge < -0.3 is 4.74 Å². The summed E-state index contributed by atoms with van der Waals surface area (Å²) in [7, 11) is -3.84. The molecule has 0 unspecified atom stereocenters. The maximum Gasteiger partial charge on any atom is 0.264 e. The molecule has 5 nitrogen and oxygen atoms in total. The van der Waals surface area contributed by atoms with Crippen LogP contribution in [0, 0.1) is 5.82 Å². The van der Waals surface area contributed by atoms with Crippen molar-refractivity contribution in [1.29, 1.82) is 0 Å². The SMILES string of the molecule is CCOc1ccc(S(=O)(=O)N2CCC(=O)c3cc(F)ccc32)cc1. The predicted molar refractivity (Wildman–Crippen MR) is 87.5 cm³/mol. The van der Waals surface area contributed by atoms with Crippen molar-refractivity contribution in [3.63, 3.8) is 0 Å². The van der Waals surface area contributed by atoms with Crippen LogP contribution in [0.1, 0.15) is 23.7 Å². The number of carbonyl (C=O) groups is 1. The lowest BCUT2D eigenvalue weighted by Crippen LogP contribution is -2.37. The summed E-state index contributed by atoms with van der Waals surface area (Å²) >= 11 is 0. The zero-order valence-electron chi connectivity index (χ0n) is 13.0. The molecule has 0 radical (unpaired) electrons. The van der Waals surface area contributed by atoms with E-state index in [9.17, 15) is 17.6 Å². The summed E-state index contributed by atoms with van der Waals surface area (Å²) in [4.78, 5) is 12.1. The van der Waals surface area contributed by atoms with Gasteiger partial charge in [0.1, 0.15) is 11.6 Å². The van der Waals surface area contributed by atoms with E-state index in [4.69, 9.17) is 4.74 Å². The number of sulfonamides is 1. The topological polar surface area (TPSA) is 63.7 Å². The van der Waals surface area contributed by atoms with Gasteiger partial charge in [-0.25, -0.2) is 12.8 Å². The van der Waals surface area contributed by atoms with Gasteiger partial charge in [-0.15, -0.1) is 0 Å². The number of ether oxygens (including phenoxy) is 1. The smallest absolute Gasteiger partial charge is 0.264 e. The summed E-state index contributed by atoms with van der Waals surface area (Å²) in [5.74, 6) is -0.252. The second-order valence-electron chi connectivity index (χ2n) is 5.32. The molecule has 0 saturated heterocycles. The Morgan fingerprint density at radius 3 is 2.54 bits per heavy atom. The van der Waals surface area contributed by atoms with E-state index < -0.39 is 15.8 Å². The van der Waals surface area contributed by atoms with Crippen LogP contribution in [0.25, 0.3) is 0 Å². The third-order valence-corrected chi connectivity index (χ3v) is 5.62. The fraction of sp³-hybridized carbons (Fsp3) is 0.235. The third-order valence-electron chi connectivity index (χ3n) is 3.79. The van der Waals surface area contributed by atoms with Crippen LogP contribution in [0.5, 0.6) is 5.75 Å². The number of nitrogens with zero attached hydrogens (tertiary/aromatic N) is 1. The second kappa shape index (κ2) is 6.24. The molecule has 0 aliphatic carbocycles. The molecule has 2 aromatic carbocycles. The van der Waals surface area contributed by atoms with Crippen molar-refractivity contribution >= 4 is 21.5 Å². The Bertz CT molecular complexity index is 878. The summed E-state index contributed by atoms with van der Waals surface area (Å²) in [6.45, 7) is 2.36. The minimum absolute atomic E-state index is 0.0205. The van der Waals surface area contributed by atoms with Crippen LogP contribution >= 0.6 is 0 Å². The van der Waals surface area contributed by atoms with Crippen LogP contribution < -0.4 is 9.04 Å². The lowest BCUT2D eigenvalue weighted by Gasteiger charge is -2.29. The van der Waals surface area contributed by atoms with Crippen LogP contribution in [0.3, 0.4) is 0 Å². The van der Waals surface area contributed by atoms with Gasteiger partial charge in [0.05, 0.1) is 17.2 Å². The molecule has 126 valence electrons. The molecular formula is C17H16FNO4S. The number of carbonyl (C=O) groups excluding carboxylic acids is 1. The zero-order valence-corrected chi connectivity index (χ0v) is 13.8. The Hall–Kier alpha value is -2.41. The van der Waals surface area contributed by atoms with Crippen molar-refractivity contribution in [3.8, 4) is 5.75 Å².